The monoisotopic (exact) mass is 375 g/mol. The van der Waals surface area contributed by atoms with Crippen LogP contribution >= 0.6 is 11.3 Å². The lowest BCUT2D eigenvalue weighted by Gasteiger charge is -2.51. The van der Waals surface area contributed by atoms with Gasteiger partial charge in [-0.3, -0.25) is 0 Å². The average molecular weight is 375 g/mol. The number of hydrogen-bond donors (Lipinski definition) is 1. The van der Waals surface area contributed by atoms with E-state index in [1.165, 1.54) is 30.6 Å². The number of rotatable bonds is 3. The minimum atomic E-state index is -0.336. The van der Waals surface area contributed by atoms with Crippen molar-refractivity contribution in [2.75, 3.05) is 44.8 Å². The van der Waals surface area contributed by atoms with Crippen molar-refractivity contribution in [2.24, 2.45) is 0 Å². The second-order valence-corrected chi connectivity index (χ2v) is 7.57. The van der Waals surface area contributed by atoms with Gasteiger partial charge >= 0.3 is 0 Å². The fourth-order valence-corrected chi connectivity index (χ4v) is 4.44. The zero-order valence-corrected chi connectivity index (χ0v) is 15.1. The fourth-order valence-electron chi connectivity index (χ4n) is 3.57. The molecule has 0 radical (unpaired) electrons. The zero-order chi connectivity index (χ0) is 17.7. The van der Waals surface area contributed by atoms with Gasteiger partial charge in [-0.15, -0.1) is 5.10 Å². The van der Waals surface area contributed by atoms with Crippen LogP contribution in [0.15, 0.2) is 24.4 Å². The van der Waals surface area contributed by atoms with Gasteiger partial charge in [-0.05, 0) is 12.1 Å². The molecule has 0 bridgehead atoms. The molecular weight excluding hydrogens is 357 g/mol. The molecule has 2 aromatic heterocycles. The number of imidazole rings is 1. The minimum Gasteiger partial charge on any atom is -0.496 e. The van der Waals surface area contributed by atoms with E-state index in [4.69, 9.17) is 14.6 Å². The highest BCUT2D eigenvalue weighted by molar-refractivity contribution is 7.20. The van der Waals surface area contributed by atoms with Crippen molar-refractivity contribution < 1.29 is 13.9 Å². The van der Waals surface area contributed by atoms with Crippen molar-refractivity contribution in [3.05, 3.63) is 30.2 Å². The van der Waals surface area contributed by atoms with E-state index < -0.39 is 0 Å². The third-order valence-electron chi connectivity index (χ3n) is 4.88. The summed E-state index contributed by atoms with van der Waals surface area (Å²) in [5.41, 5.74) is 1.46. The number of nitrogens with zero attached hydrogens (tertiary/aromatic N) is 4. The molecule has 4 heterocycles. The van der Waals surface area contributed by atoms with Crippen LogP contribution in [0.4, 0.5) is 9.52 Å². The van der Waals surface area contributed by atoms with Crippen LogP contribution in [-0.4, -0.2) is 60.1 Å². The van der Waals surface area contributed by atoms with Crippen molar-refractivity contribution >= 4 is 21.4 Å². The summed E-state index contributed by atoms with van der Waals surface area (Å²) in [6.45, 7) is 4.20. The van der Waals surface area contributed by atoms with E-state index in [0.717, 1.165) is 54.1 Å². The van der Waals surface area contributed by atoms with Crippen LogP contribution in [-0.2, 0) is 4.74 Å². The summed E-state index contributed by atoms with van der Waals surface area (Å²) in [4.78, 5) is 7.46. The van der Waals surface area contributed by atoms with E-state index in [1.807, 2.05) is 0 Å². The number of halogens is 1. The van der Waals surface area contributed by atoms with E-state index in [1.54, 1.807) is 16.8 Å². The lowest BCUT2D eigenvalue weighted by Crippen LogP contribution is -2.69. The molecule has 2 saturated heterocycles. The van der Waals surface area contributed by atoms with Crippen LogP contribution < -0.4 is 15.0 Å². The van der Waals surface area contributed by atoms with Crippen molar-refractivity contribution in [3.63, 3.8) is 0 Å². The standard InChI is InChI=1S/C17H18FN5O2S/c1-24-14-6-11(18)2-3-12(14)13-7-20-15-23(13)21-16(26-15)22-9-17(10-22)8-19-4-5-25-17/h2-3,6-7,19H,4-5,8-10H2,1H3. The Morgan fingerprint density at radius 1 is 1.38 bits per heavy atom. The topological polar surface area (TPSA) is 63.9 Å². The molecule has 2 aliphatic heterocycles. The fraction of sp³-hybridized carbons (Fsp3) is 0.412. The molecule has 0 amide bonds. The molecule has 3 aromatic rings. The van der Waals surface area contributed by atoms with Crippen molar-refractivity contribution in [1.82, 2.24) is 19.9 Å². The molecule has 0 aliphatic carbocycles. The van der Waals surface area contributed by atoms with Gasteiger partial charge < -0.3 is 19.7 Å². The van der Waals surface area contributed by atoms with Gasteiger partial charge in [-0.2, -0.15) is 0 Å². The molecular formula is C17H18FN5O2S. The van der Waals surface area contributed by atoms with Gasteiger partial charge in [0.2, 0.25) is 10.1 Å². The second kappa shape index (κ2) is 5.90. The summed E-state index contributed by atoms with van der Waals surface area (Å²) in [7, 11) is 1.53. The SMILES string of the molecule is COc1cc(F)ccc1-c1cnc2sc(N3CC4(CNCCO4)C3)nn12. The van der Waals surface area contributed by atoms with Crippen LogP contribution in [0.25, 0.3) is 16.2 Å². The average Bonchev–Trinajstić information content (AvgIpc) is 3.21. The highest BCUT2D eigenvalue weighted by atomic mass is 32.1. The third-order valence-corrected chi connectivity index (χ3v) is 5.86. The molecule has 9 heteroatoms. The van der Waals surface area contributed by atoms with Gasteiger partial charge in [-0.25, -0.2) is 13.9 Å². The summed E-state index contributed by atoms with van der Waals surface area (Å²) in [5.74, 6) is 0.128. The quantitative estimate of drug-likeness (QED) is 0.753. The molecule has 1 aromatic carbocycles. The summed E-state index contributed by atoms with van der Waals surface area (Å²) >= 11 is 1.54. The van der Waals surface area contributed by atoms with Crippen LogP contribution in [0, 0.1) is 5.82 Å². The summed E-state index contributed by atoms with van der Waals surface area (Å²) in [6.07, 6.45) is 1.74. The van der Waals surface area contributed by atoms with Gasteiger partial charge in [0, 0.05) is 24.7 Å². The smallest absolute Gasteiger partial charge is 0.214 e. The first-order chi connectivity index (χ1) is 12.7. The van der Waals surface area contributed by atoms with Gasteiger partial charge in [0.05, 0.1) is 38.7 Å². The number of nitrogens with one attached hydrogen (secondary N) is 1. The molecule has 1 N–H and O–H groups in total. The lowest BCUT2D eigenvalue weighted by atomic mass is 9.93. The largest absolute Gasteiger partial charge is 0.496 e. The number of hydrogen-bond acceptors (Lipinski definition) is 7. The summed E-state index contributed by atoms with van der Waals surface area (Å²) in [5, 5.41) is 9.02. The molecule has 0 saturated carbocycles. The van der Waals surface area contributed by atoms with Gasteiger partial charge in [0.15, 0.2) is 0 Å². The Balaban J connectivity index is 1.45. The van der Waals surface area contributed by atoms with Crippen molar-refractivity contribution in [2.45, 2.75) is 5.60 Å². The van der Waals surface area contributed by atoms with Crippen molar-refractivity contribution in [1.29, 1.82) is 0 Å². The second-order valence-electron chi connectivity index (χ2n) is 6.63. The maximum Gasteiger partial charge on any atom is 0.214 e. The molecule has 26 heavy (non-hydrogen) atoms. The van der Waals surface area contributed by atoms with Crippen LogP contribution in [0.3, 0.4) is 0 Å². The molecule has 5 rings (SSSR count). The lowest BCUT2D eigenvalue weighted by molar-refractivity contribution is -0.0829. The Hall–Kier alpha value is -2.23. The first-order valence-electron chi connectivity index (χ1n) is 8.46. The molecule has 7 nitrogen and oxygen atoms in total. The molecule has 136 valence electrons. The number of morpholine rings is 1. The van der Waals surface area contributed by atoms with E-state index in [-0.39, 0.29) is 11.4 Å². The van der Waals surface area contributed by atoms with Crippen LogP contribution in [0.2, 0.25) is 0 Å². The number of anilines is 1. The van der Waals surface area contributed by atoms with Gasteiger partial charge in [0.25, 0.3) is 0 Å². The highest BCUT2D eigenvalue weighted by Gasteiger charge is 2.46. The first kappa shape index (κ1) is 16.0. The molecule has 2 aliphatic rings. The number of aromatic nitrogens is 3. The van der Waals surface area contributed by atoms with E-state index in [9.17, 15) is 4.39 Å². The van der Waals surface area contributed by atoms with E-state index in [2.05, 4.69) is 15.2 Å². The van der Waals surface area contributed by atoms with Gasteiger partial charge in [-0.1, -0.05) is 11.3 Å². The molecule has 0 atom stereocenters. The third kappa shape index (κ3) is 2.46. The maximum absolute atomic E-state index is 13.5. The Morgan fingerprint density at radius 2 is 2.27 bits per heavy atom. The molecule has 1 spiro atoms. The predicted octanol–water partition coefficient (Wildman–Crippen LogP) is 1.78. The summed E-state index contributed by atoms with van der Waals surface area (Å²) < 4.78 is 26.5. The number of methoxy groups -OCH3 is 1. The Morgan fingerprint density at radius 3 is 3.04 bits per heavy atom. The first-order valence-corrected chi connectivity index (χ1v) is 9.27. The number of benzene rings is 1. The molecule has 0 unspecified atom stereocenters. The van der Waals surface area contributed by atoms with Crippen LogP contribution in [0.5, 0.6) is 5.75 Å². The Kier molecular flexibility index (Phi) is 3.63. The van der Waals surface area contributed by atoms with Crippen LogP contribution in [0.1, 0.15) is 0 Å². The zero-order valence-electron chi connectivity index (χ0n) is 14.2. The normalized spacial score (nSPS) is 19.1. The van der Waals surface area contributed by atoms with Gasteiger partial charge in [0.1, 0.15) is 17.2 Å². The predicted molar refractivity (Wildman–Crippen MR) is 96.6 cm³/mol. The van der Waals surface area contributed by atoms with Crippen molar-refractivity contribution in [3.8, 4) is 17.0 Å². The highest BCUT2D eigenvalue weighted by Crippen LogP contribution is 2.37. The number of fused-ring (bicyclic) bond motifs is 1. The molecule has 2 fully saturated rings. The summed E-state index contributed by atoms with van der Waals surface area (Å²) in [6, 6.07) is 4.47. The minimum absolute atomic E-state index is 0.0883. The number of ether oxygens (including phenoxy) is 2. The van der Waals surface area contributed by atoms with E-state index in [0.29, 0.717) is 5.75 Å². The Labute approximate surface area is 153 Å². The maximum atomic E-state index is 13.5. The van der Waals surface area contributed by atoms with E-state index >= 15 is 0 Å². The Bertz CT molecular complexity index is 957.